The standard InChI is InChI=1S/C13H14F3NO4/c14-13(15,16)10(18)12(7-20-8-12)17-11(19)21-6-9-4-2-1-3-5-9/h1-5,10,18H,6-8H2,(H,17,19). The van der Waals surface area contributed by atoms with Crippen molar-refractivity contribution in [1.29, 1.82) is 0 Å². The van der Waals surface area contributed by atoms with Gasteiger partial charge in [0.05, 0.1) is 13.2 Å². The van der Waals surface area contributed by atoms with Crippen LogP contribution in [0.25, 0.3) is 0 Å². The average molecular weight is 305 g/mol. The van der Waals surface area contributed by atoms with Crippen LogP contribution in [-0.4, -0.2) is 42.2 Å². The van der Waals surface area contributed by atoms with E-state index in [0.29, 0.717) is 5.56 Å². The predicted molar refractivity (Wildman–Crippen MR) is 65.4 cm³/mol. The van der Waals surface area contributed by atoms with Crippen molar-refractivity contribution in [3.05, 3.63) is 35.9 Å². The number of alkyl carbamates (subject to hydrolysis) is 1. The number of nitrogens with one attached hydrogen (secondary N) is 1. The number of amides is 1. The summed E-state index contributed by atoms with van der Waals surface area (Å²) in [7, 11) is 0. The zero-order chi connectivity index (χ0) is 15.5. The Bertz CT molecular complexity index is 488. The van der Waals surface area contributed by atoms with Gasteiger partial charge in [-0.1, -0.05) is 30.3 Å². The van der Waals surface area contributed by atoms with Crippen LogP contribution in [-0.2, 0) is 16.1 Å². The van der Waals surface area contributed by atoms with Crippen molar-refractivity contribution in [1.82, 2.24) is 5.32 Å². The summed E-state index contributed by atoms with van der Waals surface area (Å²) in [6.45, 7) is -0.923. The van der Waals surface area contributed by atoms with E-state index in [1.165, 1.54) is 0 Å². The maximum absolute atomic E-state index is 12.6. The summed E-state index contributed by atoms with van der Waals surface area (Å²) in [6.07, 6.45) is -8.59. The van der Waals surface area contributed by atoms with E-state index in [4.69, 9.17) is 4.74 Å². The fraction of sp³-hybridized carbons (Fsp3) is 0.462. The SMILES string of the molecule is O=C(NC1(C(O)C(F)(F)F)COC1)OCc1ccccc1. The number of rotatable bonds is 4. The topological polar surface area (TPSA) is 67.8 Å². The number of carbonyl (C=O) groups excluding carboxylic acids is 1. The summed E-state index contributed by atoms with van der Waals surface area (Å²) in [4.78, 5) is 11.6. The molecule has 5 nitrogen and oxygen atoms in total. The molecule has 2 rings (SSSR count). The van der Waals surface area contributed by atoms with Crippen molar-refractivity contribution in [3.8, 4) is 0 Å². The van der Waals surface area contributed by atoms with E-state index in [1.807, 2.05) is 0 Å². The van der Waals surface area contributed by atoms with Gasteiger partial charge in [-0.25, -0.2) is 4.79 Å². The molecule has 8 heteroatoms. The van der Waals surface area contributed by atoms with Gasteiger partial charge in [0.15, 0.2) is 6.10 Å². The van der Waals surface area contributed by atoms with Gasteiger partial charge in [-0.2, -0.15) is 13.2 Å². The molecule has 1 heterocycles. The Hall–Kier alpha value is -1.80. The van der Waals surface area contributed by atoms with Gasteiger partial charge >= 0.3 is 12.3 Å². The highest BCUT2D eigenvalue weighted by atomic mass is 19.4. The zero-order valence-electron chi connectivity index (χ0n) is 10.9. The molecule has 0 saturated carbocycles. The molecule has 0 radical (unpaired) electrons. The van der Waals surface area contributed by atoms with Crippen LogP contribution in [0, 0.1) is 0 Å². The third-order valence-corrected chi connectivity index (χ3v) is 3.12. The number of aliphatic hydroxyl groups is 1. The molecule has 1 atom stereocenters. The van der Waals surface area contributed by atoms with Gasteiger partial charge in [-0.15, -0.1) is 0 Å². The number of aliphatic hydroxyl groups excluding tert-OH is 1. The Labute approximate surface area is 118 Å². The highest BCUT2D eigenvalue weighted by Crippen LogP contribution is 2.33. The Balaban J connectivity index is 1.91. The second-order valence-corrected chi connectivity index (χ2v) is 4.78. The molecular formula is C13H14F3NO4. The van der Waals surface area contributed by atoms with E-state index >= 15 is 0 Å². The Morgan fingerprint density at radius 1 is 1.38 bits per heavy atom. The van der Waals surface area contributed by atoms with E-state index in [1.54, 1.807) is 30.3 Å². The van der Waals surface area contributed by atoms with E-state index < -0.39 is 37.1 Å². The minimum Gasteiger partial charge on any atom is -0.445 e. The van der Waals surface area contributed by atoms with Gasteiger partial charge in [-0.3, -0.25) is 0 Å². The lowest BCUT2D eigenvalue weighted by Crippen LogP contribution is -2.71. The van der Waals surface area contributed by atoms with Crippen LogP contribution in [0.4, 0.5) is 18.0 Å². The molecule has 0 spiro atoms. The molecule has 0 aromatic heterocycles. The fourth-order valence-electron chi connectivity index (χ4n) is 1.90. The lowest BCUT2D eigenvalue weighted by atomic mass is 9.90. The van der Waals surface area contributed by atoms with Gasteiger partial charge < -0.3 is 19.9 Å². The zero-order valence-corrected chi connectivity index (χ0v) is 10.9. The normalized spacial score (nSPS) is 18.5. The van der Waals surface area contributed by atoms with Crippen molar-refractivity contribution in [3.63, 3.8) is 0 Å². The monoisotopic (exact) mass is 305 g/mol. The van der Waals surface area contributed by atoms with Crippen LogP contribution in [0.1, 0.15) is 5.56 Å². The predicted octanol–water partition coefficient (Wildman–Crippen LogP) is 1.60. The fourth-order valence-corrected chi connectivity index (χ4v) is 1.90. The van der Waals surface area contributed by atoms with Crippen LogP contribution < -0.4 is 5.32 Å². The summed E-state index contributed by atoms with van der Waals surface area (Å²) in [5.41, 5.74) is -1.19. The first-order valence-corrected chi connectivity index (χ1v) is 6.15. The molecular weight excluding hydrogens is 291 g/mol. The van der Waals surface area contributed by atoms with Crippen molar-refractivity contribution >= 4 is 6.09 Å². The molecule has 1 amide bonds. The number of benzene rings is 1. The summed E-state index contributed by atoms with van der Waals surface area (Å²) in [5, 5.41) is 11.4. The van der Waals surface area contributed by atoms with E-state index in [2.05, 4.69) is 10.1 Å². The molecule has 2 N–H and O–H groups in total. The summed E-state index contributed by atoms with van der Waals surface area (Å²) < 4.78 is 47.2. The third kappa shape index (κ3) is 3.64. The quantitative estimate of drug-likeness (QED) is 0.887. The first-order valence-electron chi connectivity index (χ1n) is 6.15. The Morgan fingerprint density at radius 2 is 2.00 bits per heavy atom. The summed E-state index contributed by atoms with van der Waals surface area (Å²) in [5.74, 6) is 0. The molecule has 1 aromatic rings. The maximum Gasteiger partial charge on any atom is 0.416 e. The van der Waals surface area contributed by atoms with E-state index in [-0.39, 0.29) is 6.61 Å². The minimum absolute atomic E-state index is 0.0777. The van der Waals surface area contributed by atoms with Crippen LogP contribution in [0.2, 0.25) is 0 Å². The number of halogens is 3. The molecule has 1 aliphatic rings. The van der Waals surface area contributed by atoms with Gasteiger partial charge in [0, 0.05) is 0 Å². The number of hydrogen-bond acceptors (Lipinski definition) is 4. The Morgan fingerprint density at radius 3 is 2.48 bits per heavy atom. The van der Waals surface area contributed by atoms with Crippen LogP contribution >= 0.6 is 0 Å². The van der Waals surface area contributed by atoms with Gasteiger partial charge in [0.1, 0.15) is 12.1 Å². The maximum atomic E-state index is 12.6. The molecule has 1 saturated heterocycles. The first kappa shape index (κ1) is 15.6. The largest absolute Gasteiger partial charge is 0.445 e. The lowest BCUT2D eigenvalue weighted by molar-refractivity contribution is -0.260. The van der Waals surface area contributed by atoms with Crippen molar-refractivity contribution in [2.75, 3.05) is 13.2 Å². The second kappa shape index (κ2) is 5.90. The first-order chi connectivity index (χ1) is 9.83. The highest BCUT2D eigenvalue weighted by Gasteiger charge is 2.58. The molecule has 0 bridgehead atoms. The smallest absolute Gasteiger partial charge is 0.416 e. The van der Waals surface area contributed by atoms with Crippen molar-refractivity contribution < 1.29 is 32.5 Å². The molecule has 1 fully saturated rings. The third-order valence-electron chi connectivity index (χ3n) is 3.12. The number of alkyl halides is 3. The molecule has 0 aliphatic carbocycles. The van der Waals surface area contributed by atoms with Crippen LogP contribution in [0.15, 0.2) is 30.3 Å². The van der Waals surface area contributed by atoms with Crippen molar-refractivity contribution in [2.24, 2.45) is 0 Å². The van der Waals surface area contributed by atoms with Crippen LogP contribution in [0.5, 0.6) is 0 Å². The number of ether oxygens (including phenoxy) is 2. The molecule has 1 unspecified atom stereocenters. The van der Waals surface area contributed by atoms with Gasteiger partial charge in [0.2, 0.25) is 0 Å². The van der Waals surface area contributed by atoms with E-state index in [0.717, 1.165) is 0 Å². The summed E-state index contributed by atoms with van der Waals surface area (Å²) in [6, 6.07) is 8.68. The summed E-state index contributed by atoms with van der Waals surface area (Å²) >= 11 is 0. The number of carbonyl (C=O) groups is 1. The number of hydrogen-bond donors (Lipinski definition) is 2. The van der Waals surface area contributed by atoms with E-state index in [9.17, 15) is 23.1 Å². The minimum atomic E-state index is -4.85. The van der Waals surface area contributed by atoms with Crippen LogP contribution in [0.3, 0.4) is 0 Å². The Kier molecular flexibility index (Phi) is 4.38. The lowest BCUT2D eigenvalue weighted by Gasteiger charge is -2.44. The van der Waals surface area contributed by atoms with Gasteiger partial charge in [-0.05, 0) is 5.56 Å². The van der Waals surface area contributed by atoms with Gasteiger partial charge in [0.25, 0.3) is 0 Å². The molecule has 1 aromatic carbocycles. The highest BCUT2D eigenvalue weighted by molar-refractivity contribution is 5.68. The van der Waals surface area contributed by atoms with Crippen molar-refractivity contribution in [2.45, 2.75) is 24.4 Å². The second-order valence-electron chi connectivity index (χ2n) is 4.78. The average Bonchev–Trinajstić information content (AvgIpc) is 2.40. The molecule has 21 heavy (non-hydrogen) atoms. The molecule has 1 aliphatic heterocycles. The molecule has 116 valence electrons.